The molecule has 24 heavy (non-hydrogen) atoms. The molecule has 0 aromatic carbocycles. The lowest BCUT2D eigenvalue weighted by Gasteiger charge is -2.28. The van der Waals surface area contributed by atoms with Gasteiger partial charge in [-0.1, -0.05) is 6.42 Å². The molecule has 0 saturated carbocycles. The Labute approximate surface area is 146 Å². The first-order valence-corrected chi connectivity index (χ1v) is 8.77. The van der Waals surface area contributed by atoms with Gasteiger partial charge in [-0.05, 0) is 53.9 Å². The lowest BCUT2D eigenvalue weighted by atomic mass is 10.1. The number of hydrogen-bond donors (Lipinski definition) is 1. The second-order valence-corrected chi connectivity index (χ2v) is 6.94. The average Bonchev–Trinajstić information content (AvgIpc) is 2.50. The highest BCUT2D eigenvalue weighted by Crippen LogP contribution is 2.16. The molecule has 0 fully saturated rings. The van der Waals surface area contributed by atoms with Crippen molar-refractivity contribution in [3.8, 4) is 0 Å². The van der Waals surface area contributed by atoms with Gasteiger partial charge in [-0.15, -0.1) is 0 Å². The van der Waals surface area contributed by atoms with Crippen LogP contribution >= 0.6 is 0 Å². The standard InChI is InChI=1S/C18H35NO5/c1-7-23-15(20)11-9-8-10-13-19-16(21)18(4,5)24-14-12-17(2,3)22-6/h7-14H2,1-6H3,(H,19,21). The molecule has 0 aromatic rings. The molecule has 1 amide bonds. The summed E-state index contributed by atoms with van der Waals surface area (Å²) in [5.41, 5.74) is -1.12. The van der Waals surface area contributed by atoms with Gasteiger partial charge < -0.3 is 19.5 Å². The summed E-state index contributed by atoms with van der Waals surface area (Å²) >= 11 is 0. The molecule has 0 unspecified atom stereocenters. The molecular weight excluding hydrogens is 310 g/mol. The van der Waals surface area contributed by atoms with E-state index in [0.29, 0.717) is 32.6 Å². The minimum Gasteiger partial charge on any atom is -0.466 e. The van der Waals surface area contributed by atoms with E-state index in [-0.39, 0.29) is 17.5 Å². The molecule has 0 bridgehead atoms. The number of carbonyl (C=O) groups is 2. The summed E-state index contributed by atoms with van der Waals surface area (Å²) in [5, 5.41) is 2.89. The zero-order chi connectivity index (χ0) is 18.6. The molecular formula is C18H35NO5. The maximum absolute atomic E-state index is 12.2. The molecule has 142 valence electrons. The fraction of sp³-hybridized carbons (Fsp3) is 0.889. The summed E-state index contributed by atoms with van der Waals surface area (Å²) in [5.74, 6) is -0.279. The van der Waals surface area contributed by atoms with Gasteiger partial charge in [-0.3, -0.25) is 9.59 Å². The normalized spacial score (nSPS) is 12.1. The van der Waals surface area contributed by atoms with E-state index in [4.69, 9.17) is 14.2 Å². The van der Waals surface area contributed by atoms with Crippen LogP contribution in [0.1, 0.15) is 66.7 Å². The number of methoxy groups -OCH3 is 1. The molecule has 6 heteroatoms. The minimum absolute atomic E-state index is 0.122. The number of carbonyl (C=O) groups excluding carboxylic acids is 2. The highest BCUT2D eigenvalue weighted by Gasteiger charge is 2.29. The molecule has 0 saturated heterocycles. The Bertz CT molecular complexity index is 380. The van der Waals surface area contributed by atoms with Crippen molar-refractivity contribution in [2.75, 3.05) is 26.9 Å². The molecule has 6 nitrogen and oxygen atoms in total. The second kappa shape index (κ2) is 11.4. The summed E-state index contributed by atoms with van der Waals surface area (Å²) < 4.78 is 15.9. The smallest absolute Gasteiger partial charge is 0.305 e. The molecule has 0 aromatic heterocycles. The van der Waals surface area contributed by atoms with Crippen molar-refractivity contribution in [2.24, 2.45) is 0 Å². The van der Waals surface area contributed by atoms with E-state index in [1.807, 2.05) is 13.8 Å². The number of nitrogens with one attached hydrogen (secondary N) is 1. The topological polar surface area (TPSA) is 73.9 Å². The fourth-order valence-electron chi connectivity index (χ4n) is 1.94. The van der Waals surface area contributed by atoms with Crippen LogP contribution in [-0.2, 0) is 23.8 Å². The molecule has 0 atom stereocenters. The number of hydrogen-bond acceptors (Lipinski definition) is 5. The monoisotopic (exact) mass is 345 g/mol. The van der Waals surface area contributed by atoms with Gasteiger partial charge in [0.1, 0.15) is 5.60 Å². The van der Waals surface area contributed by atoms with Crippen molar-refractivity contribution < 1.29 is 23.8 Å². The number of amides is 1. The van der Waals surface area contributed by atoms with Gasteiger partial charge in [-0.2, -0.15) is 0 Å². The third-order valence-corrected chi connectivity index (χ3v) is 3.91. The first-order valence-electron chi connectivity index (χ1n) is 8.77. The lowest BCUT2D eigenvalue weighted by molar-refractivity contribution is -0.145. The van der Waals surface area contributed by atoms with E-state index in [1.54, 1.807) is 27.9 Å². The molecule has 0 radical (unpaired) electrons. The fourth-order valence-corrected chi connectivity index (χ4v) is 1.94. The highest BCUT2D eigenvalue weighted by molar-refractivity contribution is 5.84. The first-order chi connectivity index (χ1) is 11.1. The van der Waals surface area contributed by atoms with E-state index >= 15 is 0 Å². The Morgan fingerprint density at radius 2 is 1.71 bits per heavy atom. The van der Waals surface area contributed by atoms with Gasteiger partial charge in [0.25, 0.3) is 5.91 Å². The summed E-state index contributed by atoms with van der Waals surface area (Å²) in [6, 6.07) is 0. The predicted octanol–water partition coefficient (Wildman–Crippen LogP) is 2.84. The first kappa shape index (κ1) is 22.9. The Morgan fingerprint density at radius 1 is 1.04 bits per heavy atom. The molecule has 0 spiro atoms. The second-order valence-electron chi connectivity index (χ2n) is 6.94. The number of esters is 1. The van der Waals surface area contributed by atoms with Crippen LogP contribution in [-0.4, -0.2) is 49.9 Å². The summed E-state index contributed by atoms with van der Waals surface area (Å²) in [6.45, 7) is 10.8. The summed E-state index contributed by atoms with van der Waals surface area (Å²) in [4.78, 5) is 23.4. The minimum atomic E-state index is -0.866. The van der Waals surface area contributed by atoms with Crippen molar-refractivity contribution in [2.45, 2.75) is 77.9 Å². The van der Waals surface area contributed by atoms with E-state index in [2.05, 4.69) is 5.32 Å². The number of rotatable bonds is 13. The molecule has 0 rings (SSSR count). The van der Waals surface area contributed by atoms with Crippen LogP contribution in [0, 0.1) is 0 Å². The number of unbranched alkanes of at least 4 members (excludes halogenated alkanes) is 2. The Morgan fingerprint density at radius 3 is 2.29 bits per heavy atom. The maximum Gasteiger partial charge on any atom is 0.305 e. The summed E-state index contributed by atoms with van der Waals surface area (Å²) in [7, 11) is 1.67. The van der Waals surface area contributed by atoms with Gasteiger partial charge in [0, 0.05) is 20.1 Å². The van der Waals surface area contributed by atoms with Gasteiger partial charge in [0.05, 0.1) is 18.8 Å². The summed E-state index contributed by atoms with van der Waals surface area (Å²) in [6.07, 6.45) is 3.64. The van der Waals surface area contributed by atoms with E-state index in [9.17, 15) is 9.59 Å². The molecule has 1 N–H and O–H groups in total. The quantitative estimate of drug-likeness (QED) is 0.410. The Balaban J connectivity index is 3.86. The van der Waals surface area contributed by atoms with E-state index in [1.165, 1.54) is 0 Å². The van der Waals surface area contributed by atoms with Crippen molar-refractivity contribution >= 4 is 11.9 Å². The third kappa shape index (κ3) is 10.6. The van der Waals surface area contributed by atoms with Crippen molar-refractivity contribution in [3.05, 3.63) is 0 Å². The Kier molecular flexibility index (Phi) is 10.9. The Hall–Kier alpha value is -1.14. The third-order valence-electron chi connectivity index (χ3n) is 3.91. The average molecular weight is 345 g/mol. The van der Waals surface area contributed by atoms with Crippen LogP contribution in [0.25, 0.3) is 0 Å². The predicted molar refractivity (Wildman–Crippen MR) is 93.8 cm³/mol. The van der Waals surface area contributed by atoms with Gasteiger partial charge in [-0.25, -0.2) is 0 Å². The van der Waals surface area contributed by atoms with E-state index < -0.39 is 5.60 Å². The SMILES string of the molecule is CCOC(=O)CCCCCNC(=O)C(C)(C)OCCC(C)(C)OC. The van der Waals surface area contributed by atoms with Crippen LogP contribution in [0.2, 0.25) is 0 Å². The van der Waals surface area contributed by atoms with Crippen molar-refractivity contribution in [1.82, 2.24) is 5.32 Å². The van der Waals surface area contributed by atoms with Crippen LogP contribution in [0.15, 0.2) is 0 Å². The zero-order valence-electron chi connectivity index (χ0n) is 16.2. The van der Waals surface area contributed by atoms with Crippen LogP contribution < -0.4 is 5.32 Å². The number of ether oxygens (including phenoxy) is 3. The lowest BCUT2D eigenvalue weighted by Crippen LogP contribution is -2.45. The zero-order valence-corrected chi connectivity index (χ0v) is 16.2. The van der Waals surface area contributed by atoms with E-state index in [0.717, 1.165) is 19.3 Å². The van der Waals surface area contributed by atoms with Gasteiger partial charge >= 0.3 is 5.97 Å². The van der Waals surface area contributed by atoms with Gasteiger partial charge in [0.2, 0.25) is 0 Å². The van der Waals surface area contributed by atoms with Crippen LogP contribution in [0.4, 0.5) is 0 Å². The maximum atomic E-state index is 12.2. The molecule has 0 heterocycles. The molecule has 0 aliphatic heterocycles. The molecule has 0 aliphatic rings. The van der Waals surface area contributed by atoms with Crippen LogP contribution in [0.3, 0.4) is 0 Å². The van der Waals surface area contributed by atoms with Gasteiger partial charge in [0.15, 0.2) is 0 Å². The van der Waals surface area contributed by atoms with Crippen molar-refractivity contribution in [3.63, 3.8) is 0 Å². The van der Waals surface area contributed by atoms with Crippen LogP contribution in [0.5, 0.6) is 0 Å². The van der Waals surface area contributed by atoms with Crippen molar-refractivity contribution in [1.29, 1.82) is 0 Å². The highest BCUT2D eigenvalue weighted by atomic mass is 16.5. The largest absolute Gasteiger partial charge is 0.466 e. The molecule has 0 aliphatic carbocycles.